The number of rotatable bonds is 8. The molecule has 136 valence electrons. The van der Waals surface area contributed by atoms with E-state index >= 15 is 0 Å². The predicted molar refractivity (Wildman–Crippen MR) is 109 cm³/mol. The number of furan rings is 1. The van der Waals surface area contributed by atoms with Crippen molar-refractivity contribution < 1.29 is 13.4 Å². The normalized spacial score (nSPS) is 12.2. The summed E-state index contributed by atoms with van der Waals surface area (Å²) >= 11 is 1.77. The number of fused-ring (bicyclic) bond motifs is 1. The van der Waals surface area contributed by atoms with Crippen LogP contribution in [0.15, 0.2) is 59.0 Å². The third kappa shape index (κ3) is 4.77. The summed E-state index contributed by atoms with van der Waals surface area (Å²) in [4.78, 5) is 12.5. The Morgan fingerprint density at radius 1 is 1.12 bits per heavy atom. The second-order valence-electron chi connectivity index (χ2n) is 5.92. The van der Waals surface area contributed by atoms with E-state index in [0.717, 1.165) is 22.5 Å². The molecule has 2 aromatic carbocycles. The fourth-order valence-corrected chi connectivity index (χ4v) is 4.22. The van der Waals surface area contributed by atoms with Crippen molar-refractivity contribution in [1.82, 2.24) is 5.32 Å². The highest BCUT2D eigenvalue weighted by molar-refractivity contribution is 7.98. The Hall–Kier alpha value is -2.05. The summed E-state index contributed by atoms with van der Waals surface area (Å²) in [5.41, 5.74) is 2.64. The fourth-order valence-electron chi connectivity index (χ4n) is 2.71. The molecule has 0 spiro atoms. The summed E-state index contributed by atoms with van der Waals surface area (Å²) in [7, 11) is -1.05. The standard InChI is InChI=1S/C20H21NO3S2/c1-26(23)14-17-16-9-5-6-10-18(16)24-19(17)20(22)21-11-12-25-13-15-7-3-2-4-8-15/h2-10H,11-14H2,1H3,(H,21,22). The molecule has 0 aliphatic carbocycles. The lowest BCUT2D eigenvalue weighted by Crippen LogP contribution is -2.26. The Morgan fingerprint density at radius 3 is 2.62 bits per heavy atom. The molecule has 0 saturated carbocycles. The Bertz CT molecular complexity index is 906. The van der Waals surface area contributed by atoms with Crippen LogP contribution in [0, 0.1) is 0 Å². The van der Waals surface area contributed by atoms with E-state index in [0.29, 0.717) is 17.9 Å². The first-order valence-corrected chi connectivity index (χ1v) is 11.2. The topological polar surface area (TPSA) is 59.3 Å². The summed E-state index contributed by atoms with van der Waals surface area (Å²) in [6.07, 6.45) is 1.63. The minimum Gasteiger partial charge on any atom is -0.451 e. The highest BCUT2D eigenvalue weighted by Gasteiger charge is 2.20. The third-order valence-corrected chi connectivity index (χ3v) is 5.62. The SMILES string of the molecule is CS(=O)Cc1c(C(=O)NCCSCc2ccccc2)oc2ccccc12. The zero-order chi connectivity index (χ0) is 18.4. The molecule has 0 bridgehead atoms. The van der Waals surface area contributed by atoms with E-state index in [-0.39, 0.29) is 11.7 Å². The molecular weight excluding hydrogens is 366 g/mol. The molecule has 3 rings (SSSR count). The molecule has 1 unspecified atom stereocenters. The van der Waals surface area contributed by atoms with Crippen molar-refractivity contribution in [2.24, 2.45) is 0 Å². The number of amides is 1. The number of thioether (sulfide) groups is 1. The minimum absolute atomic E-state index is 0.248. The van der Waals surface area contributed by atoms with Gasteiger partial charge >= 0.3 is 0 Å². The van der Waals surface area contributed by atoms with Crippen LogP contribution in [0.2, 0.25) is 0 Å². The molecule has 1 heterocycles. The van der Waals surface area contributed by atoms with Crippen LogP contribution in [0.25, 0.3) is 11.0 Å². The lowest BCUT2D eigenvalue weighted by Gasteiger charge is -2.05. The van der Waals surface area contributed by atoms with Crippen molar-refractivity contribution >= 4 is 39.4 Å². The van der Waals surface area contributed by atoms with E-state index in [1.807, 2.05) is 42.5 Å². The minimum atomic E-state index is -1.05. The number of hydrogen-bond acceptors (Lipinski definition) is 4. The highest BCUT2D eigenvalue weighted by atomic mass is 32.2. The Labute approximate surface area is 159 Å². The van der Waals surface area contributed by atoms with Crippen LogP contribution in [-0.2, 0) is 22.3 Å². The number of carbonyl (C=O) groups is 1. The van der Waals surface area contributed by atoms with Gasteiger partial charge < -0.3 is 9.73 Å². The zero-order valence-corrected chi connectivity index (χ0v) is 16.2. The van der Waals surface area contributed by atoms with Crippen molar-refractivity contribution in [1.29, 1.82) is 0 Å². The van der Waals surface area contributed by atoms with Crippen LogP contribution in [0.4, 0.5) is 0 Å². The molecule has 1 aromatic heterocycles. The first-order chi connectivity index (χ1) is 12.6. The van der Waals surface area contributed by atoms with E-state index in [4.69, 9.17) is 4.42 Å². The first kappa shape index (κ1) is 18.7. The molecule has 0 aliphatic heterocycles. The Morgan fingerprint density at radius 2 is 1.85 bits per heavy atom. The van der Waals surface area contributed by atoms with Crippen LogP contribution in [0.5, 0.6) is 0 Å². The number of nitrogens with one attached hydrogen (secondary N) is 1. The second kappa shape index (κ2) is 9.05. The largest absolute Gasteiger partial charge is 0.451 e. The first-order valence-electron chi connectivity index (χ1n) is 8.35. The third-order valence-electron chi connectivity index (χ3n) is 3.90. The molecule has 4 nitrogen and oxygen atoms in total. The average Bonchev–Trinajstić information content (AvgIpc) is 3.00. The van der Waals surface area contributed by atoms with Gasteiger partial charge in [0.1, 0.15) is 5.58 Å². The predicted octanol–water partition coefficient (Wildman–Crippen LogP) is 3.97. The molecule has 1 amide bonds. The summed E-state index contributed by atoms with van der Waals surface area (Å²) in [5, 5.41) is 3.76. The van der Waals surface area contributed by atoms with Gasteiger partial charge in [0.05, 0.1) is 5.75 Å². The van der Waals surface area contributed by atoms with Crippen molar-refractivity contribution in [3.63, 3.8) is 0 Å². The fraction of sp³-hybridized carbons (Fsp3) is 0.250. The molecule has 0 saturated heterocycles. The van der Waals surface area contributed by atoms with E-state index in [2.05, 4.69) is 17.4 Å². The summed E-state index contributed by atoms with van der Waals surface area (Å²) in [6, 6.07) is 17.7. The van der Waals surface area contributed by atoms with Crippen molar-refractivity contribution in [3.8, 4) is 0 Å². The van der Waals surface area contributed by atoms with Crippen LogP contribution >= 0.6 is 11.8 Å². The van der Waals surface area contributed by atoms with E-state index in [1.54, 1.807) is 18.0 Å². The van der Waals surface area contributed by atoms with Gasteiger partial charge in [-0.3, -0.25) is 9.00 Å². The van der Waals surface area contributed by atoms with Gasteiger partial charge in [0.25, 0.3) is 5.91 Å². The van der Waals surface area contributed by atoms with Crippen molar-refractivity contribution in [2.75, 3.05) is 18.6 Å². The smallest absolute Gasteiger partial charge is 0.287 e. The molecule has 26 heavy (non-hydrogen) atoms. The summed E-state index contributed by atoms with van der Waals surface area (Å²) in [5.74, 6) is 2.07. The lowest BCUT2D eigenvalue weighted by atomic mass is 10.1. The summed E-state index contributed by atoms with van der Waals surface area (Å²) in [6.45, 7) is 0.558. The maximum absolute atomic E-state index is 12.5. The lowest BCUT2D eigenvalue weighted by molar-refractivity contribution is 0.0930. The Balaban J connectivity index is 1.59. The van der Waals surface area contributed by atoms with Gasteiger partial charge in [0, 0.05) is 46.1 Å². The van der Waals surface area contributed by atoms with Crippen LogP contribution in [0.3, 0.4) is 0 Å². The van der Waals surface area contributed by atoms with Gasteiger partial charge in [0.2, 0.25) is 0 Å². The van der Waals surface area contributed by atoms with Gasteiger partial charge in [-0.05, 0) is 11.6 Å². The van der Waals surface area contributed by atoms with Crippen LogP contribution in [-0.4, -0.2) is 28.7 Å². The van der Waals surface area contributed by atoms with Crippen molar-refractivity contribution in [3.05, 3.63) is 71.5 Å². The van der Waals surface area contributed by atoms with Gasteiger partial charge in [0.15, 0.2) is 5.76 Å². The molecule has 3 aromatic rings. The molecule has 0 radical (unpaired) electrons. The Kier molecular flexibility index (Phi) is 6.52. The van der Waals surface area contributed by atoms with E-state index in [9.17, 15) is 9.00 Å². The van der Waals surface area contributed by atoms with Gasteiger partial charge in [-0.25, -0.2) is 0 Å². The molecule has 6 heteroatoms. The average molecular weight is 388 g/mol. The number of carbonyl (C=O) groups excluding carboxylic acids is 1. The molecule has 0 aliphatic rings. The van der Waals surface area contributed by atoms with E-state index < -0.39 is 10.8 Å². The maximum atomic E-state index is 12.5. The molecular formula is C20H21NO3S2. The second-order valence-corrected chi connectivity index (χ2v) is 8.46. The van der Waals surface area contributed by atoms with Gasteiger partial charge in [-0.1, -0.05) is 48.5 Å². The monoisotopic (exact) mass is 387 g/mol. The number of para-hydroxylation sites is 1. The van der Waals surface area contributed by atoms with Gasteiger partial charge in [-0.2, -0.15) is 11.8 Å². The van der Waals surface area contributed by atoms with E-state index in [1.165, 1.54) is 5.56 Å². The zero-order valence-electron chi connectivity index (χ0n) is 14.6. The molecule has 0 fully saturated rings. The number of hydrogen-bond donors (Lipinski definition) is 1. The maximum Gasteiger partial charge on any atom is 0.287 e. The molecule has 1 N–H and O–H groups in total. The highest BCUT2D eigenvalue weighted by Crippen LogP contribution is 2.27. The van der Waals surface area contributed by atoms with Crippen molar-refractivity contribution in [2.45, 2.75) is 11.5 Å². The quantitative estimate of drug-likeness (QED) is 0.594. The van der Waals surface area contributed by atoms with Crippen LogP contribution < -0.4 is 5.32 Å². The summed E-state index contributed by atoms with van der Waals surface area (Å²) < 4.78 is 17.4. The van der Waals surface area contributed by atoms with Gasteiger partial charge in [-0.15, -0.1) is 0 Å². The van der Waals surface area contributed by atoms with Crippen LogP contribution in [0.1, 0.15) is 21.7 Å². The number of benzene rings is 2. The molecule has 1 atom stereocenters.